The van der Waals surface area contributed by atoms with Gasteiger partial charge < -0.3 is 5.11 Å². The fourth-order valence-corrected chi connectivity index (χ4v) is 4.89. The van der Waals surface area contributed by atoms with E-state index in [1.54, 1.807) is 11.3 Å². The molecule has 0 bridgehead atoms. The van der Waals surface area contributed by atoms with Crippen molar-refractivity contribution in [2.75, 3.05) is 0 Å². The van der Waals surface area contributed by atoms with Crippen molar-refractivity contribution in [3.63, 3.8) is 0 Å². The molecule has 0 fully saturated rings. The second-order valence-electron chi connectivity index (χ2n) is 3.25. The lowest BCUT2D eigenvalue weighted by Crippen LogP contribution is -1.89. The lowest BCUT2D eigenvalue weighted by Gasteiger charge is -1.87. The van der Waals surface area contributed by atoms with Gasteiger partial charge >= 0.3 is 5.97 Å². The molecule has 0 saturated carbocycles. The van der Waals surface area contributed by atoms with Crippen LogP contribution in [0.2, 0.25) is 0 Å². The highest BCUT2D eigenvalue weighted by molar-refractivity contribution is 8.02. The Hall–Kier alpha value is -1.29. The van der Waals surface area contributed by atoms with Crippen LogP contribution in [0.1, 0.15) is 9.67 Å². The number of nitrogens with zero attached hydrogens (tertiary/aromatic N) is 3. The van der Waals surface area contributed by atoms with E-state index in [1.807, 2.05) is 17.5 Å². The highest BCUT2D eigenvalue weighted by Crippen LogP contribution is 2.36. The smallest absolute Gasteiger partial charge is 0.347 e. The molecule has 5 nitrogen and oxygen atoms in total. The predicted molar refractivity (Wildman–Crippen MR) is 76.4 cm³/mol. The number of aromatic carboxylic acids is 1. The summed E-state index contributed by atoms with van der Waals surface area (Å²) in [6.07, 6.45) is 1.36. The van der Waals surface area contributed by atoms with Crippen LogP contribution in [0.15, 0.2) is 32.4 Å². The summed E-state index contributed by atoms with van der Waals surface area (Å²) in [5.74, 6) is -0.958. The highest BCUT2D eigenvalue weighted by Gasteiger charge is 2.13. The van der Waals surface area contributed by atoms with Crippen LogP contribution in [-0.2, 0) is 0 Å². The van der Waals surface area contributed by atoms with E-state index >= 15 is 0 Å². The fourth-order valence-electron chi connectivity index (χ4n) is 1.23. The molecule has 3 aromatic heterocycles. The minimum Gasteiger partial charge on any atom is -0.477 e. The largest absolute Gasteiger partial charge is 0.477 e. The molecule has 0 aromatic carbocycles. The van der Waals surface area contributed by atoms with E-state index in [0.717, 1.165) is 25.6 Å². The third-order valence-corrected chi connectivity index (χ3v) is 6.08. The lowest BCUT2D eigenvalue weighted by atomic mass is 10.5. The van der Waals surface area contributed by atoms with E-state index in [1.165, 1.54) is 29.3 Å². The van der Waals surface area contributed by atoms with Gasteiger partial charge in [0.25, 0.3) is 0 Å². The molecule has 3 heterocycles. The molecular formula is C10H5N3O2S4. The summed E-state index contributed by atoms with van der Waals surface area (Å²) in [7, 11) is 0. The number of carbonyl (C=O) groups is 1. The SMILES string of the molecule is O=C(O)c1cnc(Sc2nnc(-c3cccs3)s2)s1. The number of thiophene rings is 1. The van der Waals surface area contributed by atoms with Gasteiger partial charge in [-0.1, -0.05) is 17.4 Å². The van der Waals surface area contributed by atoms with Crippen molar-refractivity contribution >= 4 is 51.7 Å². The molecule has 3 rings (SSSR count). The quantitative estimate of drug-likeness (QED) is 0.789. The Morgan fingerprint density at radius 2 is 2.16 bits per heavy atom. The molecule has 19 heavy (non-hydrogen) atoms. The Morgan fingerprint density at radius 1 is 1.26 bits per heavy atom. The predicted octanol–water partition coefficient (Wildman–Crippen LogP) is 3.57. The summed E-state index contributed by atoms with van der Waals surface area (Å²) in [6, 6.07) is 3.96. The Morgan fingerprint density at radius 3 is 2.84 bits per heavy atom. The first-order valence-corrected chi connectivity index (χ1v) is 8.29. The van der Waals surface area contributed by atoms with Gasteiger partial charge in [0.2, 0.25) is 0 Å². The summed E-state index contributed by atoms with van der Waals surface area (Å²) in [5, 5.41) is 19.9. The van der Waals surface area contributed by atoms with E-state index in [4.69, 9.17) is 5.11 Å². The number of hydrogen-bond acceptors (Lipinski definition) is 8. The summed E-state index contributed by atoms with van der Waals surface area (Å²) in [6.45, 7) is 0. The average Bonchev–Trinajstić information content (AvgIpc) is 3.09. The van der Waals surface area contributed by atoms with E-state index < -0.39 is 5.97 Å². The van der Waals surface area contributed by atoms with Gasteiger partial charge in [0, 0.05) is 0 Å². The van der Waals surface area contributed by atoms with Gasteiger partial charge in [0.05, 0.1) is 11.1 Å². The molecule has 9 heteroatoms. The first kappa shape index (κ1) is 12.7. The minimum atomic E-state index is -0.958. The van der Waals surface area contributed by atoms with Gasteiger partial charge in [-0.3, -0.25) is 0 Å². The zero-order valence-corrected chi connectivity index (χ0v) is 12.4. The van der Waals surface area contributed by atoms with Crippen molar-refractivity contribution in [3.8, 4) is 9.88 Å². The van der Waals surface area contributed by atoms with Crippen LogP contribution in [0, 0.1) is 0 Å². The Balaban J connectivity index is 1.78. The minimum absolute atomic E-state index is 0.227. The molecule has 0 aliphatic rings. The molecule has 0 aliphatic carbocycles. The lowest BCUT2D eigenvalue weighted by molar-refractivity contribution is 0.0702. The second-order valence-corrected chi connectivity index (χ2v) is 7.70. The maximum Gasteiger partial charge on any atom is 0.347 e. The fraction of sp³-hybridized carbons (Fsp3) is 0. The van der Waals surface area contributed by atoms with Crippen molar-refractivity contribution in [2.24, 2.45) is 0 Å². The molecular weight excluding hydrogens is 322 g/mol. The third-order valence-electron chi connectivity index (χ3n) is 2.01. The summed E-state index contributed by atoms with van der Waals surface area (Å²) < 4.78 is 1.42. The highest BCUT2D eigenvalue weighted by atomic mass is 32.2. The number of rotatable bonds is 4. The Bertz CT molecular complexity index is 704. The van der Waals surface area contributed by atoms with Crippen molar-refractivity contribution in [3.05, 3.63) is 28.6 Å². The molecule has 0 amide bonds. The van der Waals surface area contributed by atoms with Gasteiger partial charge in [-0.15, -0.1) is 32.9 Å². The van der Waals surface area contributed by atoms with E-state index in [2.05, 4.69) is 15.2 Å². The molecule has 96 valence electrons. The van der Waals surface area contributed by atoms with Crippen LogP contribution in [-0.4, -0.2) is 26.3 Å². The average molecular weight is 327 g/mol. The first-order chi connectivity index (χ1) is 9.22. The summed E-state index contributed by atoms with van der Waals surface area (Å²) in [5.41, 5.74) is 0. The van der Waals surface area contributed by atoms with Crippen molar-refractivity contribution in [2.45, 2.75) is 8.68 Å². The summed E-state index contributed by atoms with van der Waals surface area (Å²) >= 11 is 5.56. The Labute approximate surface area is 124 Å². The molecule has 0 saturated heterocycles. The number of thiazole rings is 1. The third kappa shape index (κ3) is 2.84. The summed E-state index contributed by atoms with van der Waals surface area (Å²) in [4.78, 5) is 16.1. The molecule has 0 aliphatic heterocycles. The maximum absolute atomic E-state index is 10.8. The number of carboxylic acid groups (broad SMARTS) is 1. The molecule has 3 aromatic rings. The maximum atomic E-state index is 10.8. The van der Waals surface area contributed by atoms with Gasteiger partial charge in [-0.25, -0.2) is 9.78 Å². The van der Waals surface area contributed by atoms with Crippen molar-refractivity contribution < 1.29 is 9.90 Å². The van der Waals surface area contributed by atoms with Gasteiger partial charge in [-0.2, -0.15) is 0 Å². The van der Waals surface area contributed by atoms with E-state index in [0.29, 0.717) is 4.34 Å². The van der Waals surface area contributed by atoms with Crippen LogP contribution in [0.4, 0.5) is 0 Å². The van der Waals surface area contributed by atoms with Crippen LogP contribution < -0.4 is 0 Å². The zero-order chi connectivity index (χ0) is 13.2. The molecule has 0 radical (unpaired) electrons. The monoisotopic (exact) mass is 327 g/mol. The van der Waals surface area contributed by atoms with Crippen LogP contribution >= 0.6 is 45.8 Å². The number of hydrogen-bond donors (Lipinski definition) is 1. The molecule has 0 unspecified atom stereocenters. The molecule has 0 atom stereocenters. The standard InChI is InChI=1S/C10H5N3O2S4/c14-8(15)6-4-11-9(17-6)19-10-13-12-7(18-10)5-2-1-3-16-5/h1-4H,(H,14,15). The second kappa shape index (κ2) is 5.37. The van der Waals surface area contributed by atoms with Gasteiger partial charge in [0.1, 0.15) is 4.88 Å². The number of aromatic nitrogens is 3. The van der Waals surface area contributed by atoms with Gasteiger partial charge in [0.15, 0.2) is 13.7 Å². The zero-order valence-electron chi connectivity index (χ0n) is 9.14. The molecule has 1 N–H and O–H groups in total. The van der Waals surface area contributed by atoms with Crippen LogP contribution in [0.3, 0.4) is 0 Å². The van der Waals surface area contributed by atoms with E-state index in [-0.39, 0.29) is 4.88 Å². The first-order valence-electron chi connectivity index (χ1n) is 4.97. The molecule has 0 spiro atoms. The van der Waals surface area contributed by atoms with Crippen LogP contribution in [0.5, 0.6) is 0 Å². The Kier molecular flexibility index (Phi) is 3.60. The van der Waals surface area contributed by atoms with Crippen molar-refractivity contribution in [1.29, 1.82) is 0 Å². The number of carboxylic acids is 1. The van der Waals surface area contributed by atoms with Crippen molar-refractivity contribution in [1.82, 2.24) is 15.2 Å². The normalized spacial score (nSPS) is 10.7. The van der Waals surface area contributed by atoms with Crippen LogP contribution in [0.25, 0.3) is 9.88 Å². The van der Waals surface area contributed by atoms with E-state index in [9.17, 15) is 4.79 Å². The topological polar surface area (TPSA) is 76.0 Å². The van der Waals surface area contributed by atoms with Gasteiger partial charge in [-0.05, 0) is 23.2 Å².